The summed E-state index contributed by atoms with van der Waals surface area (Å²) in [5, 5.41) is 4.66. The summed E-state index contributed by atoms with van der Waals surface area (Å²) in [5.74, 6) is 0.549. The maximum absolute atomic E-state index is 11.2. The SMILES string of the molecule is Cn1nc(-c2ccc(C=O)c(C3CC3)c2)cc1-c1ccccc1. The Morgan fingerprint density at radius 1 is 1.04 bits per heavy atom. The molecule has 0 N–H and O–H groups in total. The Morgan fingerprint density at radius 3 is 2.52 bits per heavy atom. The van der Waals surface area contributed by atoms with Gasteiger partial charge in [0.1, 0.15) is 6.29 Å². The van der Waals surface area contributed by atoms with Crippen LogP contribution in [0.5, 0.6) is 0 Å². The van der Waals surface area contributed by atoms with Crippen molar-refractivity contribution < 1.29 is 4.79 Å². The zero-order valence-electron chi connectivity index (χ0n) is 13.1. The molecule has 4 rings (SSSR count). The molecule has 0 radical (unpaired) electrons. The van der Waals surface area contributed by atoms with Gasteiger partial charge in [-0.1, -0.05) is 42.5 Å². The summed E-state index contributed by atoms with van der Waals surface area (Å²) in [6.07, 6.45) is 3.33. The van der Waals surface area contributed by atoms with Crippen LogP contribution in [0.3, 0.4) is 0 Å². The summed E-state index contributed by atoms with van der Waals surface area (Å²) in [6, 6.07) is 18.4. The Kier molecular flexibility index (Phi) is 3.34. The zero-order valence-corrected chi connectivity index (χ0v) is 13.1. The summed E-state index contributed by atoms with van der Waals surface area (Å²) in [6.45, 7) is 0. The van der Waals surface area contributed by atoms with Crippen molar-refractivity contribution >= 4 is 6.29 Å². The molecule has 1 heterocycles. The fraction of sp³-hybridized carbons (Fsp3) is 0.200. The van der Waals surface area contributed by atoms with Crippen LogP contribution in [0.2, 0.25) is 0 Å². The number of aldehydes is 1. The van der Waals surface area contributed by atoms with Gasteiger partial charge in [0.25, 0.3) is 0 Å². The highest BCUT2D eigenvalue weighted by Gasteiger charge is 2.26. The largest absolute Gasteiger partial charge is 0.298 e. The Balaban J connectivity index is 1.77. The maximum Gasteiger partial charge on any atom is 0.150 e. The van der Waals surface area contributed by atoms with Gasteiger partial charge in [0.2, 0.25) is 0 Å². The van der Waals surface area contributed by atoms with E-state index in [0.717, 1.165) is 34.4 Å². The third kappa shape index (κ3) is 2.59. The Hall–Kier alpha value is -2.68. The number of hydrogen-bond acceptors (Lipinski definition) is 2. The average molecular weight is 302 g/mol. The fourth-order valence-corrected chi connectivity index (χ4v) is 3.08. The van der Waals surface area contributed by atoms with Gasteiger partial charge in [-0.25, -0.2) is 0 Å². The number of hydrogen-bond donors (Lipinski definition) is 0. The predicted octanol–water partition coefficient (Wildman–Crippen LogP) is 4.44. The van der Waals surface area contributed by atoms with Crippen LogP contribution in [0, 0.1) is 0 Å². The van der Waals surface area contributed by atoms with Crippen molar-refractivity contribution in [2.45, 2.75) is 18.8 Å². The van der Waals surface area contributed by atoms with Crippen LogP contribution in [-0.2, 0) is 7.05 Å². The molecule has 3 heteroatoms. The van der Waals surface area contributed by atoms with E-state index in [0.29, 0.717) is 5.92 Å². The lowest BCUT2D eigenvalue weighted by atomic mass is 9.99. The van der Waals surface area contributed by atoms with Gasteiger partial charge in [-0.15, -0.1) is 0 Å². The lowest BCUT2D eigenvalue weighted by Crippen LogP contribution is -1.94. The monoisotopic (exact) mass is 302 g/mol. The molecule has 1 aliphatic carbocycles. The first-order valence-corrected chi connectivity index (χ1v) is 7.95. The molecule has 23 heavy (non-hydrogen) atoms. The molecule has 1 fully saturated rings. The van der Waals surface area contributed by atoms with Gasteiger partial charge >= 0.3 is 0 Å². The molecule has 0 atom stereocenters. The molecule has 1 aliphatic rings. The van der Waals surface area contributed by atoms with Crippen molar-refractivity contribution in [2.24, 2.45) is 7.05 Å². The average Bonchev–Trinajstić information content (AvgIpc) is 3.37. The van der Waals surface area contributed by atoms with Crippen molar-refractivity contribution in [1.29, 1.82) is 0 Å². The second-order valence-corrected chi connectivity index (χ2v) is 6.14. The Labute approximate surface area is 135 Å². The predicted molar refractivity (Wildman–Crippen MR) is 91.4 cm³/mol. The molecule has 114 valence electrons. The van der Waals surface area contributed by atoms with Gasteiger partial charge in [-0.05, 0) is 42.0 Å². The van der Waals surface area contributed by atoms with Gasteiger partial charge in [0.15, 0.2) is 0 Å². The molecular formula is C20H18N2O. The van der Waals surface area contributed by atoms with Crippen LogP contribution in [-0.4, -0.2) is 16.1 Å². The van der Waals surface area contributed by atoms with Crippen LogP contribution in [0.15, 0.2) is 54.6 Å². The summed E-state index contributed by atoms with van der Waals surface area (Å²) in [7, 11) is 1.97. The van der Waals surface area contributed by atoms with Gasteiger partial charge in [-0.3, -0.25) is 9.48 Å². The molecule has 3 nitrogen and oxygen atoms in total. The van der Waals surface area contributed by atoms with Crippen LogP contribution in [0.4, 0.5) is 0 Å². The molecule has 1 saturated carbocycles. The smallest absolute Gasteiger partial charge is 0.150 e. The van der Waals surface area contributed by atoms with Gasteiger partial charge < -0.3 is 0 Å². The number of rotatable bonds is 4. The third-order valence-corrected chi connectivity index (χ3v) is 4.48. The van der Waals surface area contributed by atoms with E-state index in [1.165, 1.54) is 18.4 Å². The molecule has 3 aromatic rings. The third-order valence-electron chi connectivity index (χ3n) is 4.48. The lowest BCUT2D eigenvalue weighted by Gasteiger charge is -2.05. The van der Waals surface area contributed by atoms with Gasteiger partial charge in [0, 0.05) is 18.2 Å². The van der Waals surface area contributed by atoms with Crippen LogP contribution < -0.4 is 0 Å². The van der Waals surface area contributed by atoms with Crippen LogP contribution >= 0.6 is 0 Å². The van der Waals surface area contributed by atoms with Crippen molar-refractivity contribution in [2.75, 3.05) is 0 Å². The first-order chi connectivity index (χ1) is 11.3. The minimum atomic E-state index is 0.549. The van der Waals surface area contributed by atoms with E-state index in [4.69, 9.17) is 0 Å². The number of benzene rings is 2. The first-order valence-electron chi connectivity index (χ1n) is 7.95. The number of aromatic nitrogens is 2. The van der Waals surface area contributed by atoms with E-state index in [1.807, 2.05) is 42.1 Å². The Morgan fingerprint density at radius 2 is 1.83 bits per heavy atom. The van der Waals surface area contributed by atoms with E-state index in [1.54, 1.807) is 0 Å². The summed E-state index contributed by atoms with van der Waals surface area (Å²) in [4.78, 5) is 11.2. The van der Waals surface area contributed by atoms with E-state index in [-0.39, 0.29) is 0 Å². The molecule has 0 saturated heterocycles. The molecular weight excluding hydrogens is 284 g/mol. The second-order valence-electron chi connectivity index (χ2n) is 6.14. The standard InChI is InChI=1S/C20H18N2O/c1-22-20(15-5-3-2-4-6-15)12-19(21-22)16-9-10-17(13-23)18(11-16)14-7-8-14/h2-6,9-14H,7-8H2,1H3. The van der Waals surface area contributed by atoms with Crippen LogP contribution in [0.25, 0.3) is 22.5 Å². The molecule has 1 aromatic heterocycles. The first kappa shape index (κ1) is 13.9. The number of carbonyl (C=O) groups excluding carboxylic acids is 1. The van der Waals surface area contributed by atoms with Crippen molar-refractivity contribution in [3.8, 4) is 22.5 Å². The van der Waals surface area contributed by atoms with E-state index < -0.39 is 0 Å². The minimum absolute atomic E-state index is 0.549. The summed E-state index contributed by atoms with van der Waals surface area (Å²) >= 11 is 0. The highest BCUT2D eigenvalue weighted by Crippen LogP contribution is 2.42. The molecule has 0 amide bonds. The lowest BCUT2D eigenvalue weighted by molar-refractivity contribution is 0.112. The van der Waals surface area contributed by atoms with E-state index >= 15 is 0 Å². The van der Waals surface area contributed by atoms with Crippen molar-refractivity contribution in [3.63, 3.8) is 0 Å². The van der Waals surface area contributed by atoms with E-state index in [2.05, 4.69) is 29.4 Å². The van der Waals surface area contributed by atoms with Crippen molar-refractivity contribution in [1.82, 2.24) is 9.78 Å². The fourth-order valence-electron chi connectivity index (χ4n) is 3.08. The van der Waals surface area contributed by atoms with Crippen LogP contribution in [0.1, 0.15) is 34.7 Å². The normalized spacial score (nSPS) is 14.0. The quantitative estimate of drug-likeness (QED) is 0.668. The molecule has 0 bridgehead atoms. The highest BCUT2D eigenvalue weighted by molar-refractivity contribution is 5.80. The Bertz CT molecular complexity index is 861. The topological polar surface area (TPSA) is 34.9 Å². The van der Waals surface area contributed by atoms with E-state index in [9.17, 15) is 4.79 Å². The number of nitrogens with zero attached hydrogens (tertiary/aromatic N) is 2. The maximum atomic E-state index is 11.2. The molecule has 0 unspecified atom stereocenters. The molecule has 2 aromatic carbocycles. The number of aryl methyl sites for hydroxylation is 1. The highest BCUT2D eigenvalue weighted by atomic mass is 16.1. The van der Waals surface area contributed by atoms with Gasteiger partial charge in [0.05, 0.1) is 11.4 Å². The minimum Gasteiger partial charge on any atom is -0.298 e. The van der Waals surface area contributed by atoms with Crippen molar-refractivity contribution in [3.05, 3.63) is 65.7 Å². The molecule has 0 aliphatic heterocycles. The zero-order chi connectivity index (χ0) is 15.8. The summed E-state index contributed by atoms with van der Waals surface area (Å²) in [5.41, 5.74) is 6.26. The number of carbonyl (C=O) groups is 1. The summed E-state index contributed by atoms with van der Waals surface area (Å²) < 4.78 is 1.91. The second kappa shape index (κ2) is 5.51. The molecule has 0 spiro atoms. The van der Waals surface area contributed by atoms with Gasteiger partial charge in [-0.2, -0.15) is 5.10 Å².